The maximum Gasteiger partial charge on any atom is 0.0208 e. The third-order valence-electron chi connectivity index (χ3n) is 4.21. The van der Waals surface area contributed by atoms with Crippen LogP contribution in [0.25, 0.3) is 0 Å². The summed E-state index contributed by atoms with van der Waals surface area (Å²) < 4.78 is 0. The van der Waals surface area contributed by atoms with Gasteiger partial charge in [0, 0.05) is 12.6 Å². The number of rotatable bonds is 5. The van der Waals surface area contributed by atoms with Crippen molar-refractivity contribution in [3.8, 4) is 0 Å². The smallest absolute Gasteiger partial charge is 0.0208 e. The highest BCUT2D eigenvalue weighted by Crippen LogP contribution is 2.23. The van der Waals surface area contributed by atoms with Crippen LogP contribution < -0.4 is 11.1 Å². The number of nitrogens with one attached hydrogen (secondary N) is 1. The van der Waals surface area contributed by atoms with Crippen molar-refractivity contribution in [1.82, 2.24) is 5.32 Å². The molecule has 2 nitrogen and oxygen atoms in total. The van der Waals surface area contributed by atoms with E-state index in [1.165, 1.54) is 36.8 Å². The number of benzene rings is 1. The Morgan fingerprint density at radius 1 is 1.11 bits per heavy atom. The third-order valence-corrected chi connectivity index (χ3v) is 4.21. The molecule has 0 amide bonds. The van der Waals surface area contributed by atoms with Gasteiger partial charge in [-0.25, -0.2) is 0 Å². The molecule has 0 aliphatic heterocycles. The summed E-state index contributed by atoms with van der Waals surface area (Å²) in [6.07, 6.45) is 6.40. The van der Waals surface area contributed by atoms with Gasteiger partial charge >= 0.3 is 0 Å². The van der Waals surface area contributed by atoms with Crippen LogP contribution >= 0.6 is 0 Å². The molecule has 0 radical (unpaired) electrons. The molecule has 3 N–H and O–H groups in total. The van der Waals surface area contributed by atoms with E-state index in [2.05, 4.69) is 36.5 Å². The lowest BCUT2D eigenvalue weighted by atomic mass is 9.84. The molecule has 1 aliphatic rings. The Hall–Kier alpha value is -0.860. The van der Waals surface area contributed by atoms with E-state index in [0.29, 0.717) is 12.0 Å². The van der Waals surface area contributed by atoms with E-state index in [4.69, 9.17) is 5.73 Å². The normalized spacial score (nSPS) is 24.1. The first-order chi connectivity index (χ1) is 8.83. The Bertz CT molecular complexity index is 345. The number of aryl methyl sites for hydroxylation is 1. The summed E-state index contributed by atoms with van der Waals surface area (Å²) in [7, 11) is 0. The van der Waals surface area contributed by atoms with Crippen LogP contribution in [-0.2, 0) is 13.0 Å². The fourth-order valence-electron chi connectivity index (χ4n) is 2.90. The molecule has 1 aliphatic carbocycles. The van der Waals surface area contributed by atoms with Gasteiger partial charge in [0.15, 0.2) is 0 Å². The van der Waals surface area contributed by atoms with Gasteiger partial charge in [0.05, 0.1) is 0 Å². The molecule has 2 atom stereocenters. The quantitative estimate of drug-likeness (QED) is 0.838. The minimum absolute atomic E-state index is 0.620. The number of nitrogens with two attached hydrogens (primary N) is 1. The predicted octanol–water partition coefficient (Wildman–Crippen LogP) is 2.86. The van der Waals surface area contributed by atoms with Crippen molar-refractivity contribution in [1.29, 1.82) is 0 Å². The average molecular weight is 246 g/mol. The van der Waals surface area contributed by atoms with Gasteiger partial charge in [-0.15, -0.1) is 0 Å². The highest BCUT2D eigenvalue weighted by molar-refractivity contribution is 5.22. The summed E-state index contributed by atoms with van der Waals surface area (Å²) in [5.41, 5.74) is 8.66. The second-order valence-corrected chi connectivity index (χ2v) is 5.44. The second kappa shape index (κ2) is 6.91. The highest BCUT2D eigenvalue weighted by Gasteiger charge is 2.22. The summed E-state index contributed by atoms with van der Waals surface area (Å²) in [5, 5.41) is 3.70. The van der Waals surface area contributed by atoms with Gasteiger partial charge in [-0.2, -0.15) is 0 Å². The van der Waals surface area contributed by atoms with Crippen LogP contribution in [0.5, 0.6) is 0 Å². The first kappa shape index (κ1) is 13.6. The van der Waals surface area contributed by atoms with E-state index >= 15 is 0 Å². The van der Waals surface area contributed by atoms with Crippen molar-refractivity contribution in [3.05, 3.63) is 35.4 Å². The first-order valence-electron chi connectivity index (χ1n) is 7.34. The summed E-state index contributed by atoms with van der Waals surface area (Å²) >= 11 is 0. The molecular weight excluding hydrogens is 220 g/mol. The van der Waals surface area contributed by atoms with E-state index in [1.807, 2.05) is 0 Å². The van der Waals surface area contributed by atoms with Gasteiger partial charge in [0.1, 0.15) is 0 Å². The zero-order valence-electron chi connectivity index (χ0n) is 11.5. The van der Waals surface area contributed by atoms with Gasteiger partial charge in [-0.05, 0) is 42.9 Å². The van der Waals surface area contributed by atoms with Crippen LogP contribution in [0.15, 0.2) is 24.3 Å². The number of hydrogen-bond acceptors (Lipinski definition) is 2. The van der Waals surface area contributed by atoms with Gasteiger partial charge in [0.2, 0.25) is 0 Å². The molecule has 1 saturated carbocycles. The molecule has 1 fully saturated rings. The molecule has 18 heavy (non-hydrogen) atoms. The van der Waals surface area contributed by atoms with Gasteiger partial charge in [0.25, 0.3) is 0 Å². The molecule has 2 rings (SSSR count). The molecule has 100 valence electrons. The molecule has 1 aromatic carbocycles. The van der Waals surface area contributed by atoms with Gasteiger partial charge < -0.3 is 11.1 Å². The van der Waals surface area contributed by atoms with Crippen molar-refractivity contribution in [2.45, 2.75) is 51.6 Å². The average Bonchev–Trinajstić information content (AvgIpc) is 2.46. The maximum absolute atomic E-state index is 5.86. The first-order valence-corrected chi connectivity index (χ1v) is 7.34. The molecular formula is C16H26N2. The van der Waals surface area contributed by atoms with Crippen molar-refractivity contribution in [3.63, 3.8) is 0 Å². The lowest BCUT2D eigenvalue weighted by Crippen LogP contribution is -2.41. The lowest BCUT2D eigenvalue weighted by Gasteiger charge is -2.31. The minimum atomic E-state index is 0.620. The standard InChI is InChI=1S/C16H26N2/c1-2-13-7-9-14(10-8-13)12-18-16-6-4-3-5-15(16)11-17/h7-10,15-16,18H,2-6,11-12,17H2,1H3. The molecule has 0 heterocycles. The molecule has 2 heteroatoms. The van der Waals surface area contributed by atoms with Crippen LogP contribution in [-0.4, -0.2) is 12.6 Å². The topological polar surface area (TPSA) is 38.0 Å². The van der Waals surface area contributed by atoms with Crippen molar-refractivity contribution >= 4 is 0 Å². The SMILES string of the molecule is CCc1ccc(CNC2CCCCC2CN)cc1. The summed E-state index contributed by atoms with van der Waals surface area (Å²) in [6, 6.07) is 9.57. The van der Waals surface area contributed by atoms with E-state index in [1.54, 1.807) is 0 Å². The minimum Gasteiger partial charge on any atom is -0.330 e. The molecule has 1 aromatic rings. The maximum atomic E-state index is 5.86. The fourth-order valence-corrected chi connectivity index (χ4v) is 2.90. The summed E-state index contributed by atoms with van der Waals surface area (Å²) in [6.45, 7) is 4.00. The molecule has 0 spiro atoms. The van der Waals surface area contributed by atoms with Gasteiger partial charge in [-0.1, -0.05) is 44.0 Å². The Morgan fingerprint density at radius 3 is 2.44 bits per heavy atom. The molecule has 2 unspecified atom stereocenters. The van der Waals surface area contributed by atoms with E-state index in [-0.39, 0.29) is 0 Å². The third kappa shape index (κ3) is 3.56. The lowest BCUT2D eigenvalue weighted by molar-refractivity contribution is 0.267. The van der Waals surface area contributed by atoms with Crippen molar-refractivity contribution < 1.29 is 0 Å². The van der Waals surface area contributed by atoms with E-state index in [0.717, 1.165) is 19.5 Å². The highest BCUT2D eigenvalue weighted by atomic mass is 14.9. The van der Waals surface area contributed by atoms with E-state index < -0.39 is 0 Å². The Kier molecular flexibility index (Phi) is 5.21. The monoisotopic (exact) mass is 246 g/mol. The Balaban J connectivity index is 1.85. The fraction of sp³-hybridized carbons (Fsp3) is 0.625. The Labute approximate surface area is 111 Å². The van der Waals surface area contributed by atoms with Gasteiger partial charge in [-0.3, -0.25) is 0 Å². The second-order valence-electron chi connectivity index (χ2n) is 5.44. The Morgan fingerprint density at radius 2 is 1.78 bits per heavy atom. The zero-order chi connectivity index (χ0) is 12.8. The zero-order valence-corrected chi connectivity index (χ0v) is 11.5. The number of hydrogen-bond donors (Lipinski definition) is 2. The van der Waals surface area contributed by atoms with Crippen LogP contribution in [0.3, 0.4) is 0 Å². The molecule has 0 bridgehead atoms. The van der Waals surface area contributed by atoms with Crippen LogP contribution in [0.1, 0.15) is 43.7 Å². The molecule has 0 aromatic heterocycles. The van der Waals surface area contributed by atoms with Crippen molar-refractivity contribution in [2.75, 3.05) is 6.54 Å². The summed E-state index contributed by atoms with van der Waals surface area (Å²) in [5.74, 6) is 0.675. The van der Waals surface area contributed by atoms with Crippen molar-refractivity contribution in [2.24, 2.45) is 11.7 Å². The van der Waals surface area contributed by atoms with E-state index in [9.17, 15) is 0 Å². The molecule has 0 saturated heterocycles. The largest absolute Gasteiger partial charge is 0.330 e. The van der Waals surface area contributed by atoms with Crippen LogP contribution in [0, 0.1) is 5.92 Å². The summed E-state index contributed by atoms with van der Waals surface area (Å²) in [4.78, 5) is 0. The van der Waals surface area contributed by atoms with Crippen LogP contribution in [0.4, 0.5) is 0 Å². The predicted molar refractivity (Wildman–Crippen MR) is 77.5 cm³/mol. The van der Waals surface area contributed by atoms with Crippen LogP contribution in [0.2, 0.25) is 0 Å².